The van der Waals surface area contributed by atoms with Crippen molar-refractivity contribution in [2.45, 2.75) is 38.6 Å². The molecule has 0 radical (unpaired) electrons. The fourth-order valence-electron chi connectivity index (χ4n) is 2.50. The van der Waals surface area contributed by atoms with Gasteiger partial charge in [-0.3, -0.25) is 4.98 Å². The van der Waals surface area contributed by atoms with Crippen LogP contribution in [0.4, 0.5) is 0 Å². The minimum atomic E-state index is -0.151. The molecule has 2 heteroatoms. The Bertz CT molecular complexity index is 373. The number of allylic oxidation sites excluding steroid dienone is 1. The first-order valence-electron chi connectivity index (χ1n) is 5.98. The minimum absolute atomic E-state index is 0.151. The summed E-state index contributed by atoms with van der Waals surface area (Å²) in [6.45, 7) is 4.24. The van der Waals surface area contributed by atoms with Gasteiger partial charge in [-0.15, -0.1) is 0 Å². The van der Waals surface area contributed by atoms with E-state index in [4.69, 9.17) is 5.73 Å². The van der Waals surface area contributed by atoms with Gasteiger partial charge >= 0.3 is 0 Å². The highest BCUT2D eigenvalue weighted by atomic mass is 14.7. The van der Waals surface area contributed by atoms with Crippen LogP contribution in [-0.2, 0) is 0 Å². The van der Waals surface area contributed by atoms with Crippen LogP contribution in [0.15, 0.2) is 30.6 Å². The van der Waals surface area contributed by atoms with Crippen LogP contribution in [0.25, 0.3) is 5.57 Å². The average Bonchev–Trinajstić information content (AvgIpc) is 2.29. The molecule has 1 atom stereocenters. The first-order valence-corrected chi connectivity index (χ1v) is 5.98. The number of hydrogen-bond acceptors (Lipinski definition) is 2. The molecular formula is C14H20N2. The lowest BCUT2D eigenvalue weighted by atomic mass is 9.74. The highest BCUT2D eigenvalue weighted by molar-refractivity contribution is 5.68. The summed E-state index contributed by atoms with van der Waals surface area (Å²) in [6, 6.07) is 4.12. The van der Waals surface area contributed by atoms with E-state index in [1.54, 1.807) is 0 Å². The molecule has 1 aromatic rings. The van der Waals surface area contributed by atoms with E-state index >= 15 is 0 Å². The molecule has 0 bridgehead atoms. The maximum absolute atomic E-state index is 6.28. The summed E-state index contributed by atoms with van der Waals surface area (Å²) in [4.78, 5) is 4.19. The van der Waals surface area contributed by atoms with Crippen molar-refractivity contribution < 1.29 is 0 Å². The van der Waals surface area contributed by atoms with Gasteiger partial charge < -0.3 is 5.73 Å². The Morgan fingerprint density at radius 3 is 2.88 bits per heavy atom. The van der Waals surface area contributed by atoms with E-state index in [0.717, 1.165) is 6.42 Å². The van der Waals surface area contributed by atoms with Crippen LogP contribution in [0, 0.1) is 5.92 Å². The van der Waals surface area contributed by atoms with Crippen molar-refractivity contribution in [2.24, 2.45) is 11.7 Å². The summed E-state index contributed by atoms with van der Waals surface area (Å²) < 4.78 is 0. The van der Waals surface area contributed by atoms with Crippen molar-refractivity contribution in [2.75, 3.05) is 0 Å². The number of rotatable bonds is 2. The highest BCUT2D eigenvalue weighted by Gasteiger charge is 2.30. The second kappa shape index (κ2) is 4.38. The summed E-state index contributed by atoms with van der Waals surface area (Å²) in [5.74, 6) is 0.449. The molecule has 0 saturated heterocycles. The molecule has 1 aliphatic rings. The third-order valence-corrected chi connectivity index (χ3v) is 3.33. The normalized spacial score (nSPS) is 21.7. The Morgan fingerprint density at radius 1 is 1.44 bits per heavy atom. The van der Waals surface area contributed by atoms with Crippen LogP contribution in [0.3, 0.4) is 0 Å². The molecule has 0 spiro atoms. The monoisotopic (exact) mass is 216 g/mol. The first-order chi connectivity index (χ1) is 7.59. The zero-order chi connectivity index (χ0) is 11.6. The van der Waals surface area contributed by atoms with Gasteiger partial charge in [-0.1, -0.05) is 12.1 Å². The molecule has 0 aromatic carbocycles. The van der Waals surface area contributed by atoms with Gasteiger partial charge in [-0.05, 0) is 50.3 Å². The second-order valence-corrected chi connectivity index (χ2v) is 5.21. The van der Waals surface area contributed by atoms with Crippen LogP contribution < -0.4 is 5.73 Å². The van der Waals surface area contributed by atoms with Crippen molar-refractivity contribution in [1.82, 2.24) is 4.98 Å². The molecule has 2 N–H and O–H groups in total. The number of nitrogens with zero attached hydrogens (tertiary/aromatic N) is 1. The lowest BCUT2D eigenvalue weighted by Gasteiger charge is -2.35. The molecule has 1 unspecified atom stereocenters. The fourth-order valence-corrected chi connectivity index (χ4v) is 2.50. The Kier molecular flexibility index (Phi) is 3.10. The maximum Gasteiger partial charge on any atom is 0.0343 e. The van der Waals surface area contributed by atoms with E-state index in [1.807, 2.05) is 18.5 Å². The van der Waals surface area contributed by atoms with Gasteiger partial charge in [0.2, 0.25) is 0 Å². The largest absolute Gasteiger partial charge is 0.325 e. The fraction of sp³-hybridized carbons (Fsp3) is 0.500. The van der Waals surface area contributed by atoms with Gasteiger partial charge in [-0.2, -0.15) is 0 Å². The summed E-state index contributed by atoms with van der Waals surface area (Å²) in [5, 5.41) is 0. The number of hydrogen-bond donors (Lipinski definition) is 1. The molecule has 2 nitrogen and oxygen atoms in total. The predicted octanol–water partition coefficient (Wildman–Crippen LogP) is 3.00. The molecule has 0 amide bonds. The molecule has 2 rings (SSSR count). The molecule has 0 aliphatic heterocycles. The van der Waals surface area contributed by atoms with Gasteiger partial charge in [0.15, 0.2) is 0 Å². The zero-order valence-electron chi connectivity index (χ0n) is 10.1. The van der Waals surface area contributed by atoms with E-state index in [1.165, 1.54) is 24.0 Å². The van der Waals surface area contributed by atoms with Crippen LogP contribution in [-0.4, -0.2) is 10.5 Å². The molecular weight excluding hydrogens is 196 g/mol. The summed E-state index contributed by atoms with van der Waals surface area (Å²) in [7, 11) is 0. The van der Waals surface area contributed by atoms with Crippen LogP contribution in [0.2, 0.25) is 0 Å². The molecule has 1 aromatic heterocycles. The maximum atomic E-state index is 6.28. The summed E-state index contributed by atoms with van der Waals surface area (Å²) in [5.41, 5.74) is 8.73. The van der Waals surface area contributed by atoms with Crippen molar-refractivity contribution in [3.8, 4) is 0 Å². The quantitative estimate of drug-likeness (QED) is 0.825. The highest BCUT2D eigenvalue weighted by Crippen LogP contribution is 2.37. The van der Waals surface area contributed by atoms with Gasteiger partial charge in [0.1, 0.15) is 0 Å². The van der Waals surface area contributed by atoms with E-state index in [-0.39, 0.29) is 5.54 Å². The van der Waals surface area contributed by atoms with E-state index in [2.05, 4.69) is 31.0 Å². The summed E-state index contributed by atoms with van der Waals surface area (Å²) >= 11 is 0. The van der Waals surface area contributed by atoms with Crippen molar-refractivity contribution in [1.29, 1.82) is 0 Å². The number of pyridine rings is 1. The van der Waals surface area contributed by atoms with Crippen LogP contribution in [0.5, 0.6) is 0 Å². The second-order valence-electron chi connectivity index (χ2n) is 5.21. The first kappa shape index (κ1) is 11.3. The lowest BCUT2D eigenvalue weighted by molar-refractivity contribution is 0.359. The molecule has 16 heavy (non-hydrogen) atoms. The minimum Gasteiger partial charge on any atom is -0.325 e. The predicted molar refractivity (Wildman–Crippen MR) is 67.8 cm³/mol. The Hall–Kier alpha value is -1.15. The number of aromatic nitrogens is 1. The lowest BCUT2D eigenvalue weighted by Crippen LogP contribution is -2.42. The van der Waals surface area contributed by atoms with Crippen LogP contribution in [0.1, 0.15) is 38.7 Å². The van der Waals surface area contributed by atoms with Crippen molar-refractivity contribution >= 4 is 5.57 Å². The van der Waals surface area contributed by atoms with E-state index < -0.39 is 0 Å². The Balaban J connectivity index is 2.34. The third kappa shape index (κ3) is 2.33. The van der Waals surface area contributed by atoms with Crippen LogP contribution >= 0.6 is 0 Å². The summed E-state index contributed by atoms with van der Waals surface area (Å²) in [6.07, 6.45) is 9.68. The van der Waals surface area contributed by atoms with Crippen molar-refractivity contribution in [3.63, 3.8) is 0 Å². The smallest absolute Gasteiger partial charge is 0.0343 e. The molecule has 0 fully saturated rings. The van der Waals surface area contributed by atoms with Crippen molar-refractivity contribution in [3.05, 3.63) is 36.2 Å². The standard InChI is InChI=1S/C14H20N2/c1-14(2,15)13-8-4-3-7-12(13)11-6-5-9-16-10-11/h5-7,9-10,13H,3-4,8,15H2,1-2H3. The molecule has 1 heterocycles. The third-order valence-electron chi connectivity index (χ3n) is 3.33. The van der Waals surface area contributed by atoms with E-state index in [0.29, 0.717) is 5.92 Å². The Labute approximate surface area is 97.6 Å². The zero-order valence-corrected chi connectivity index (χ0v) is 10.1. The van der Waals surface area contributed by atoms with Gasteiger partial charge in [0.05, 0.1) is 0 Å². The SMILES string of the molecule is CC(C)(N)C1CCCC=C1c1cccnc1. The Morgan fingerprint density at radius 2 is 2.25 bits per heavy atom. The average molecular weight is 216 g/mol. The van der Waals surface area contributed by atoms with E-state index in [9.17, 15) is 0 Å². The number of nitrogens with two attached hydrogens (primary N) is 1. The van der Waals surface area contributed by atoms with Gasteiger partial charge in [-0.25, -0.2) is 0 Å². The molecule has 86 valence electrons. The topological polar surface area (TPSA) is 38.9 Å². The van der Waals surface area contributed by atoms with Gasteiger partial charge in [0.25, 0.3) is 0 Å². The molecule has 0 saturated carbocycles. The molecule has 1 aliphatic carbocycles. The van der Waals surface area contributed by atoms with Gasteiger partial charge in [0, 0.05) is 23.9 Å².